The quantitative estimate of drug-likeness (QED) is 0.157. The average Bonchev–Trinajstić information content (AvgIpc) is 2.69. The summed E-state index contributed by atoms with van der Waals surface area (Å²) in [7, 11) is 0. The first-order valence-corrected chi connectivity index (χ1v) is 11.2. The molecule has 0 atom stereocenters. The lowest BCUT2D eigenvalue weighted by Gasteiger charge is -2.19. The lowest BCUT2D eigenvalue weighted by molar-refractivity contribution is -0.156. The van der Waals surface area contributed by atoms with Crippen molar-refractivity contribution in [3.8, 4) is 0 Å². The van der Waals surface area contributed by atoms with E-state index in [1.807, 2.05) is 20.8 Å². The highest BCUT2D eigenvalue weighted by atomic mass is 16.6. The molecule has 0 aromatic carbocycles. The highest BCUT2D eigenvalue weighted by Gasteiger charge is 2.15. The molecule has 31 heavy (non-hydrogen) atoms. The zero-order chi connectivity index (χ0) is 23.2. The molecule has 0 aromatic heterocycles. The highest BCUT2D eigenvalue weighted by Crippen LogP contribution is 2.08. The molecule has 0 aliphatic rings. The third-order valence-corrected chi connectivity index (χ3v) is 3.99. The molecule has 9 heteroatoms. The van der Waals surface area contributed by atoms with E-state index in [4.69, 9.17) is 18.9 Å². The van der Waals surface area contributed by atoms with Crippen LogP contribution in [0.1, 0.15) is 65.7 Å². The lowest BCUT2D eigenvalue weighted by Crippen LogP contribution is -2.27. The maximum absolute atomic E-state index is 11.7. The van der Waals surface area contributed by atoms with Crippen LogP contribution in [0.15, 0.2) is 0 Å². The van der Waals surface area contributed by atoms with Crippen LogP contribution in [0.2, 0.25) is 0 Å². The summed E-state index contributed by atoms with van der Waals surface area (Å²) in [6.07, 6.45) is 6.50. The molecule has 2 amide bonds. The topological polar surface area (TPSA) is 112 Å². The van der Waals surface area contributed by atoms with Crippen LogP contribution in [0.3, 0.4) is 0 Å². The molecule has 0 bridgehead atoms. The van der Waals surface area contributed by atoms with Crippen LogP contribution >= 0.6 is 0 Å². The summed E-state index contributed by atoms with van der Waals surface area (Å²) in [5, 5.41) is 5.48. The smallest absolute Gasteiger partial charge is 0.308 e. The SMILES string of the molecule is CC(C)(C)OC(=O)CCOCCOCCOCCNC(=O)CCCCCCCNC=O. The van der Waals surface area contributed by atoms with E-state index in [0.29, 0.717) is 52.6 Å². The van der Waals surface area contributed by atoms with Gasteiger partial charge >= 0.3 is 5.97 Å². The van der Waals surface area contributed by atoms with E-state index in [9.17, 15) is 14.4 Å². The van der Waals surface area contributed by atoms with E-state index in [2.05, 4.69) is 10.6 Å². The van der Waals surface area contributed by atoms with Crippen LogP contribution in [-0.4, -0.2) is 76.6 Å². The molecule has 182 valence electrons. The molecule has 0 unspecified atom stereocenters. The highest BCUT2D eigenvalue weighted by molar-refractivity contribution is 5.75. The van der Waals surface area contributed by atoms with Crippen molar-refractivity contribution in [2.75, 3.05) is 52.7 Å². The first-order valence-electron chi connectivity index (χ1n) is 11.2. The van der Waals surface area contributed by atoms with Gasteiger partial charge in [-0.25, -0.2) is 0 Å². The minimum atomic E-state index is -0.472. The fourth-order valence-electron chi connectivity index (χ4n) is 2.54. The Morgan fingerprint density at radius 3 is 1.97 bits per heavy atom. The fourth-order valence-corrected chi connectivity index (χ4v) is 2.54. The summed E-state index contributed by atoms with van der Waals surface area (Å²) in [4.78, 5) is 33.3. The van der Waals surface area contributed by atoms with E-state index >= 15 is 0 Å². The summed E-state index contributed by atoms with van der Waals surface area (Å²) < 4.78 is 21.3. The number of hydrogen-bond acceptors (Lipinski definition) is 7. The van der Waals surface area contributed by atoms with E-state index < -0.39 is 5.60 Å². The van der Waals surface area contributed by atoms with Gasteiger partial charge in [0.15, 0.2) is 0 Å². The number of carbonyl (C=O) groups is 3. The van der Waals surface area contributed by atoms with Crippen molar-refractivity contribution < 1.29 is 33.3 Å². The average molecular weight is 447 g/mol. The maximum atomic E-state index is 11.7. The molecule has 0 heterocycles. The van der Waals surface area contributed by atoms with Crippen molar-refractivity contribution in [1.29, 1.82) is 0 Å². The van der Waals surface area contributed by atoms with Gasteiger partial charge in [0.2, 0.25) is 12.3 Å². The van der Waals surface area contributed by atoms with Crippen LogP contribution in [0.5, 0.6) is 0 Å². The molecule has 0 spiro atoms. The van der Waals surface area contributed by atoms with Crippen molar-refractivity contribution in [1.82, 2.24) is 10.6 Å². The molecule has 2 N–H and O–H groups in total. The molecular weight excluding hydrogens is 404 g/mol. The Morgan fingerprint density at radius 1 is 0.742 bits per heavy atom. The summed E-state index contributed by atoms with van der Waals surface area (Å²) in [6, 6.07) is 0. The Balaban J connectivity index is 3.26. The number of ether oxygens (including phenoxy) is 4. The first-order chi connectivity index (χ1) is 14.8. The van der Waals surface area contributed by atoms with Gasteiger partial charge in [-0.1, -0.05) is 19.3 Å². The molecule has 0 aliphatic carbocycles. The predicted molar refractivity (Wildman–Crippen MR) is 118 cm³/mol. The fraction of sp³-hybridized carbons (Fsp3) is 0.864. The first kappa shape index (κ1) is 29.3. The van der Waals surface area contributed by atoms with Gasteiger partial charge in [-0.15, -0.1) is 0 Å². The Labute approximate surface area is 186 Å². The van der Waals surface area contributed by atoms with Crippen LogP contribution in [0.4, 0.5) is 0 Å². The maximum Gasteiger partial charge on any atom is 0.308 e. The van der Waals surface area contributed by atoms with Crippen molar-refractivity contribution in [3.63, 3.8) is 0 Å². The second-order valence-corrected chi connectivity index (χ2v) is 8.11. The van der Waals surface area contributed by atoms with Gasteiger partial charge in [0.1, 0.15) is 5.60 Å². The second kappa shape index (κ2) is 20.2. The van der Waals surface area contributed by atoms with Gasteiger partial charge in [-0.2, -0.15) is 0 Å². The Hall–Kier alpha value is -1.71. The molecule has 0 aliphatic heterocycles. The van der Waals surface area contributed by atoms with Crippen LogP contribution in [0, 0.1) is 0 Å². The van der Waals surface area contributed by atoms with E-state index in [-0.39, 0.29) is 18.3 Å². The molecule has 0 fully saturated rings. The number of unbranched alkanes of at least 4 members (excludes halogenated alkanes) is 4. The normalized spacial score (nSPS) is 11.2. The number of esters is 1. The van der Waals surface area contributed by atoms with Gasteiger partial charge in [0, 0.05) is 19.5 Å². The monoisotopic (exact) mass is 446 g/mol. The van der Waals surface area contributed by atoms with Crippen molar-refractivity contribution in [2.24, 2.45) is 0 Å². The summed E-state index contributed by atoms with van der Waals surface area (Å²) in [6.45, 7) is 9.21. The minimum absolute atomic E-state index is 0.0472. The lowest BCUT2D eigenvalue weighted by atomic mass is 10.1. The van der Waals surface area contributed by atoms with Crippen LogP contribution < -0.4 is 10.6 Å². The van der Waals surface area contributed by atoms with Crippen LogP contribution in [-0.2, 0) is 33.3 Å². The number of rotatable bonds is 21. The van der Waals surface area contributed by atoms with Crippen molar-refractivity contribution in [3.05, 3.63) is 0 Å². The molecular formula is C22H42N2O7. The van der Waals surface area contributed by atoms with Gasteiger partial charge < -0.3 is 29.6 Å². The summed E-state index contributed by atoms with van der Waals surface area (Å²) >= 11 is 0. The molecule has 0 saturated heterocycles. The molecule has 9 nitrogen and oxygen atoms in total. The Bertz CT molecular complexity index is 467. The third-order valence-electron chi connectivity index (χ3n) is 3.99. The predicted octanol–water partition coefficient (Wildman–Crippen LogP) is 1.97. The minimum Gasteiger partial charge on any atom is -0.460 e. The largest absolute Gasteiger partial charge is 0.460 e. The second-order valence-electron chi connectivity index (χ2n) is 8.11. The molecule has 0 rings (SSSR count). The summed E-state index contributed by atoms with van der Waals surface area (Å²) in [5.41, 5.74) is -0.472. The van der Waals surface area contributed by atoms with Gasteiger partial charge in [-0.3, -0.25) is 14.4 Å². The van der Waals surface area contributed by atoms with E-state index in [1.165, 1.54) is 0 Å². The van der Waals surface area contributed by atoms with Gasteiger partial charge in [0.25, 0.3) is 0 Å². The third kappa shape index (κ3) is 24.4. The van der Waals surface area contributed by atoms with Crippen LogP contribution in [0.25, 0.3) is 0 Å². The van der Waals surface area contributed by atoms with Crippen molar-refractivity contribution >= 4 is 18.3 Å². The van der Waals surface area contributed by atoms with E-state index in [1.54, 1.807) is 0 Å². The molecule has 0 radical (unpaired) electrons. The summed E-state index contributed by atoms with van der Waals surface area (Å²) in [5.74, 6) is -0.222. The number of amides is 2. The zero-order valence-corrected chi connectivity index (χ0v) is 19.5. The molecule has 0 saturated carbocycles. The zero-order valence-electron chi connectivity index (χ0n) is 19.5. The van der Waals surface area contributed by atoms with Gasteiger partial charge in [0.05, 0.1) is 46.1 Å². The van der Waals surface area contributed by atoms with Crippen molar-refractivity contribution in [2.45, 2.75) is 71.3 Å². The van der Waals surface area contributed by atoms with E-state index in [0.717, 1.165) is 45.1 Å². The standard InChI is InChI=1S/C22H42N2O7/c1-22(2,3)31-21(27)10-13-28-15-17-30-18-16-29-14-12-24-20(26)9-7-5-4-6-8-11-23-19-25/h19H,4-18H2,1-3H3,(H,23,25)(H,24,26). The van der Waals surface area contributed by atoms with Gasteiger partial charge in [-0.05, 0) is 33.6 Å². The number of carbonyl (C=O) groups excluding carboxylic acids is 3. The number of hydrogen-bond donors (Lipinski definition) is 2. The molecule has 0 aromatic rings. The Kier molecular flexibility index (Phi) is 19.1. The number of nitrogens with one attached hydrogen (secondary N) is 2. The Morgan fingerprint density at radius 2 is 1.32 bits per heavy atom.